The van der Waals surface area contributed by atoms with Crippen LogP contribution in [0.5, 0.6) is 0 Å². The average molecular weight is 328 g/mol. The number of nitrogen functional groups attached to an aromatic ring is 1. The van der Waals surface area contributed by atoms with E-state index >= 15 is 0 Å². The minimum absolute atomic E-state index is 0.110. The summed E-state index contributed by atoms with van der Waals surface area (Å²) in [6.07, 6.45) is 1.16. The van der Waals surface area contributed by atoms with Gasteiger partial charge in [0.2, 0.25) is 10.0 Å². The highest BCUT2D eigenvalue weighted by Crippen LogP contribution is 2.24. The minimum atomic E-state index is -3.52. The molecule has 0 aliphatic carbocycles. The fourth-order valence-corrected chi connectivity index (χ4v) is 4.03. The van der Waals surface area contributed by atoms with Gasteiger partial charge in [0.25, 0.3) is 0 Å². The first-order valence-electron chi connectivity index (χ1n) is 7.54. The zero-order valence-corrected chi connectivity index (χ0v) is 14.7. The first-order chi connectivity index (χ1) is 10.2. The van der Waals surface area contributed by atoms with Crippen LogP contribution in [0.3, 0.4) is 0 Å². The number of benzene rings is 1. The van der Waals surface area contributed by atoms with Gasteiger partial charge in [0.1, 0.15) is 0 Å². The van der Waals surface area contributed by atoms with Crippen molar-refractivity contribution in [3.8, 4) is 0 Å². The van der Waals surface area contributed by atoms with Crippen molar-refractivity contribution >= 4 is 15.7 Å². The Kier molecular flexibility index (Phi) is 6.80. The van der Waals surface area contributed by atoms with E-state index in [0.29, 0.717) is 36.5 Å². The molecular formula is C15H28N4O2S. The molecule has 0 amide bonds. The predicted octanol–water partition coefficient (Wildman–Crippen LogP) is 1.08. The Hall–Kier alpha value is -1.15. The van der Waals surface area contributed by atoms with Gasteiger partial charge in [0.05, 0.1) is 11.1 Å². The van der Waals surface area contributed by atoms with Crippen molar-refractivity contribution in [1.82, 2.24) is 9.21 Å². The Morgan fingerprint density at radius 2 is 1.77 bits per heavy atom. The lowest BCUT2D eigenvalue weighted by Crippen LogP contribution is -2.36. The summed E-state index contributed by atoms with van der Waals surface area (Å²) in [6.45, 7) is 4.53. The molecule has 0 saturated carbocycles. The van der Waals surface area contributed by atoms with Crippen LogP contribution >= 0.6 is 0 Å². The number of nitrogens with two attached hydrogens (primary N) is 2. The normalized spacial score (nSPS) is 13.8. The lowest BCUT2D eigenvalue weighted by Gasteiger charge is -2.23. The Morgan fingerprint density at radius 1 is 1.18 bits per heavy atom. The molecule has 0 aliphatic rings. The van der Waals surface area contributed by atoms with E-state index in [9.17, 15) is 8.42 Å². The highest BCUT2D eigenvalue weighted by Gasteiger charge is 2.25. The van der Waals surface area contributed by atoms with E-state index in [0.717, 1.165) is 5.56 Å². The number of anilines is 1. The maximum Gasteiger partial charge on any atom is 0.243 e. The van der Waals surface area contributed by atoms with E-state index in [2.05, 4.69) is 0 Å². The van der Waals surface area contributed by atoms with Crippen molar-refractivity contribution in [2.24, 2.45) is 5.73 Å². The van der Waals surface area contributed by atoms with Gasteiger partial charge in [-0.15, -0.1) is 0 Å². The van der Waals surface area contributed by atoms with Crippen LogP contribution in [0, 0.1) is 0 Å². The van der Waals surface area contributed by atoms with Gasteiger partial charge in [-0.05, 0) is 44.6 Å². The summed E-state index contributed by atoms with van der Waals surface area (Å²) >= 11 is 0. The zero-order valence-electron chi connectivity index (χ0n) is 13.9. The van der Waals surface area contributed by atoms with E-state index < -0.39 is 10.0 Å². The number of rotatable bonds is 8. The second-order valence-electron chi connectivity index (χ2n) is 5.53. The van der Waals surface area contributed by atoms with Crippen LogP contribution in [-0.4, -0.2) is 51.0 Å². The smallest absolute Gasteiger partial charge is 0.243 e. The summed E-state index contributed by atoms with van der Waals surface area (Å²) in [5.74, 6) is 0. The second kappa shape index (κ2) is 7.92. The Labute approximate surface area is 134 Å². The van der Waals surface area contributed by atoms with Crippen LogP contribution in [0.25, 0.3) is 0 Å². The molecule has 0 saturated heterocycles. The van der Waals surface area contributed by atoms with Gasteiger partial charge < -0.3 is 11.5 Å². The van der Waals surface area contributed by atoms with Crippen LogP contribution in [0.15, 0.2) is 23.1 Å². The lowest BCUT2D eigenvalue weighted by molar-refractivity contribution is 0.285. The van der Waals surface area contributed by atoms with Gasteiger partial charge in [-0.3, -0.25) is 4.90 Å². The highest BCUT2D eigenvalue weighted by atomic mass is 32.2. The summed E-state index contributed by atoms with van der Waals surface area (Å²) in [7, 11) is 0.284. The Morgan fingerprint density at radius 3 is 2.27 bits per heavy atom. The number of hydrogen-bond donors (Lipinski definition) is 2. The third-order valence-electron chi connectivity index (χ3n) is 3.79. The molecule has 1 rings (SSSR count). The summed E-state index contributed by atoms with van der Waals surface area (Å²) in [5.41, 5.74) is 13.0. The molecule has 0 fully saturated rings. The standard InChI is InChI=1S/C15H28N4O2S/c1-5-19(6-2)22(20,21)14-11-13(16)9-7-12(14)8-10-15(17)18(3)4/h7,9,11,15H,5-6,8,10,16-17H2,1-4H3. The number of sulfonamides is 1. The summed E-state index contributed by atoms with van der Waals surface area (Å²) in [4.78, 5) is 2.21. The lowest BCUT2D eigenvalue weighted by atomic mass is 10.1. The molecule has 0 aromatic heterocycles. The summed E-state index contributed by atoms with van der Waals surface area (Å²) in [6, 6.07) is 5.07. The largest absolute Gasteiger partial charge is 0.399 e. The van der Waals surface area contributed by atoms with Crippen molar-refractivity contribution in [3.05, 3.63) is 23.8 Å². The zero-order chi connectivity index (χ0) is 16.9. The molecule has 0 spiro atoms. The number of aryl methyl sites for hydroxylation is 1. The molecule has 0 aliphatic heterocycles. The van der Waals surface area contributed by atoms with Crippen molar-refractivity contribution in [2.75, 3.05) is 32.9 Å². The quantitative estimate of drug-likeness (QED) is 0.550. The van der Waals surface area contributed by atoms with Crippen LogP contribution in [0.4, 0.5) is 5.69 Å². The Bertz CT molecular complexity index is 583. The molecule has 22 heavy (non-hydrogen) atoms. The molecular weight excluding hydrogens is 300 g/mol. The topological polar surface area (TPSA) is 92.7 Å². The van der Waals surface area contributed by atoms with Gasteiger partial charge in [0.15, 0.2) is 0 Å². The molecule has 1 aromatic rings. The Balaban J connectivity index is 3.16. The van der Waals surface area contributed by atoms with Gasteiger partial charge in [0, 0.05) is 18.8 Å². The predicted molar refractivity (Wildman–Crippen MR) is 90.9 cm³/mol. The first-order valence-corrected chi connectivity index (χ1v) is 8.98. The molecule has 4 N–H and O–H groups in total. The van der Waals surface area contributed by atoms with E-state index in [-0.39, 0.29) is 6.17 Å². The molecule has 7 heteroatoms. The van der Waals surface area contributed by atoms with Crippen LogP contribution < -0.4 is 11.5 Å². The molecule has 0 radical (unpaired) electrons. The van der Waals surface area contributed by atoms with Gasteiger partial charge >= 0.3 is 0 Å². The third kappa shape index (κ3) is 4.42. The summed E-state index contributed by atoms with van der Waals surface area (Å²) in [5, 5.41) is 0. The number of hydrogen-bond acceptors (Lipinski definition) is 5. The minimum Gasteiger partial charge on any atom is -0.399 e. The van der Waals surface area contributed by atoms with Crippen molar-refractivity contribution in [2.45, 2.75) is 37.8 Å². The van der Waals surface area contributed by atoms with E-state index in [1.165, 1.54) is 4.31 Å². The summed E-state index contributed by atoms with van der Waals surface area (Å²) < 4.78 is 27.0. The van der Waals surface area contributed by atoms with Crippen molar-refractivity contribution in [1.29, 1.82) is 0 Å². The monoisotopic (exact) mass is 328 g/mol. The molecule has 1 aromatic carbocycles. The van der Waals surface area contributed by atoms with Crippen LogP contribution in [-0.2, 0) is 16.4 Å². The van der Waals surface area contributed by atoms with Crippen LogP contribution in [0.1, 0.15) is 25.8 Å². The van der Waals surface area contributed by atoms with Gasteiger partial charge in [-0.1, -0.05) is 19.9 Å². The molecule has 0 bridgehead atoms. The van der Waals surface area contributed by atoms with Crippen molar-refractivity contribution < 1.29 is 8.42 Å². The fourth-order valence-electron chi connectivity index (χ4n) is 2.28. The molecule has 6 nitrogen and oxygen atoms in total. The molecule has 0 heterocycles. The van der Waals surface area contributed by atoms with E-state index in [4.69, 9.17) is 11.5 Å². The molecule has 126 valence electrons. The highest BCUT2D eigenvalue weighted by molar-refractivity contribution is 7.89. The van der Waals surface area contributed by atoms with Gasteiger partial charge in [-0.25, -0.2) is 8.42 Å². The van der Waals surface area contributed by atoms with Gasteiger partial charge in [-0.2, -0.15) is 4.31 Å². The first kappa shape index (κ1) is 18.9. The SMILES string of the molecule is CCN(CC)S(=O)(=O)c1cc(N)ccc1CCC(N)N(C)C. The van der Waals surface area contributed by atoms with E-state index in [1.807, 2.05) is 32.8 Å². The molecule has 1 atom stereocenters. The third-order valence-corrected chi connectivity index (χ3v) is 5.92. The average Bonchev–Trinajstić information content (AvgIpc) is 2.46. The van der Waals surface area contributed by atoms with Crippen molar-refractivity contribution in [3.63, 3.8) is 0 Å². The fraction of sp³-hybridized carbons (Fsp3) is 0.600. The maximum atomic E-state index is 12.8. The maximum absolute atomic E-state index is 12.8. The van der Waals surface area contributed by atoms with E-state index in [1.54, 1.807) is 18.2 Å². The van der Waals surface area contributed by atoms with Crippen LogP contribution in [0.2, 0.25) is 0 Å². The number of nitrogens with zero attached hydrogens (tertiary/aromatic N) is 2. The molecule has 1 unspecified atom stereocenters. The second-order valence-corrected chi connectivity index (χ2v) is 7.43.